The minimum Gasteiger partial charge on any atom is -0.496 e. The molecular formula is C16H27NO2. The topological polar surface area (TPSA) is 55.5 Å². The fourth-order valence-corrected chi connectivity index (χ4v) is 2.07. The number of aliphatic hydroxyl groups is 1. The van der Waals surface area contributed by atoms with Gasteiger partial charge in [0.05, 0.1) is 13.2 Å². The van der Waals surface area contributed by atoms with Crippen LogP contribution in [0.4, 0.5) is 0 Å². The highest BCUT2D eigenvalue weighted by Gasteiger charge is 2.19. The van der Waals surface area contributed by atoms with Gasteiger partial charge in [0, 0.05) is 6.04 Å². The van der Waals surface area contributed by atoms with Crippen molar-refractivity contribution < 1.29 is 9.84 Å². The lowest BCUT2D eigenvalue weighted by atomic mass is 9.85. The van der Waals surface area contributed by atoms with Crippen molar-refractivity contribution in [3.05, 3.63) is 29.3 Å². The van der Waals surface area contributed by atoms with E-state index >= 15 is 0 Å². The molecule has 108 valence electrons. The molecule has 0 aliphatic carbocycles. The predicted octanol–water partition coefficient (Wildman–Crippen LogP) is 2.63. The Balaban J connectivity index is 2.87. The van der Waals surface area contributed by atoms with Crippen molar-refractivity contribution in [2.45, 2.75) is 58.1 Å². The van der Waals surface area contributed by atoms with E-state index in [0.717, 1.165) is 12.2 Å². The van der Waals surface area contributed by atoms with E-state index in [0.29, 0.717) is 6.42 Å². The first-order valence-corrected chi connectivity index (χ1v) is 6.86. The Morgan fingerprint density at radius 3 is 2.42 bits per heavy atom. The average Bonchev–Trinajstić information content (AvgIpc) is 2.34. The Morgan fingerprint density at radius 2 is 1.95 bits per heavy atom. The summed E-state index contributed by atoms with van der Waals surface area (Å²) in [5.41, 5.74) is 8.13. The van der Waals surface area contributed by atoms with Crippen LogP contribution in [0.3, 0.4) is 0 Å². The molecule has 3 heteroatoms. The zero-order chi connectivity index (χ0) is 14.6. The molecule has 0 aliphatic rings. The Labute approximate surface area is 116 Å². The van der Waals surface area contributed by atoms with Gasteiger partial charge in [0.1, 0.15) is 5.75 Å². The van der Waals surface area contributed by atoms with Gasteiger partial charge < -0.3 is 15.6 Å². The molecule has 0 saturated carbocycles. The molecule has 0 heterocycles. The maximum absolute atomic E-state index is 9.77. The molecule has 1 rings (SSSR count). The number of ether oxygens (including phenoxy) is 1. The summed E-state index contributed by atoms with van der Waals surface area (Å²) in [5.74, 6) is 0.920. The molecule has 0 fully saturated rings. The number of methoxy groups -OCH3 is 1. The van der Waals surface area contributed by atoms with Gasteiger partial charge in [-0.1, -0.05) is 32.9 Å². The summed E-state index contributed by atoms with van der Waals surface area (Å²) in [7, 11) is 1.70. The lowest BCUT2D eigenvalue weighted by Crippen LogP contribution is -2.31. The fraction of sp³-hybridized carbons (Fsp3) is 0.625. The monoisotopic (exact) mass is 265 g/mol. The first-order valence-electron chi connectivity index (χ1n) is 6.86. The molecule has 3 nitrogen and oxygen atoms in total. The zero-order valence-corrected chi connectivity index (χ0v) is 12.7. The number of hydrogen-bond donors (Lipinski definition) is 2. The SMILES string of the molecule is COc1ccc(CCC(O)C(C)N)cc1C(C)(C)C. The summed E-state index contributed by atoms with van der Waals surface area (Å²) >= 11 is 0. The van der Waals surface area contributed by atoms with Crippen LogP contribution >= 0.6 is 0 Å². The molecule has 1 aromatic rings. The van der Waals surface area contributed by atoms with Crippen LogP contribution in [0.5, 0.6) is 5.75 Å². The van der Waals surface area contributed by atoms with Crippen molar-refractivity contribution in [2.75, 3.05) is 7.11 Å². The quantitative estimate of drug-likeness (QED) is 0.860. The number of aliphatic hydroxyl groups excluding tert-OH is 1. The Kier molecular flexibility index (Phi) is 5.39. The highest BCUT2D eigenvalue weighted by molar-refractivity contribution is 5.41. The molecule has 2 unspecified atom stereocenters. The van der Waals surface area contributed by atoms with Crippen molar-refractivity contribution in [2.24, 2.45) is 5.73 Å². The van der Waals surface area contributed by atoms with Crippen LogP contribution < -0.4 is 10.5 Å². The molecule has 0 spiro atoms. The molecule has 0 aromatic heterocycles. The van der Waals surface area contributed by atoms with Gasteiger partial charge in [0.25, 0.3) is 0 Å². The normalized spacial score (nSPS) is 15.1. The van der Waals surface area contributed by atoms with E-state index in [1.165, 1.54) is 11.1 Å². The molecule has 3 N–H and O–H groups in total. The Hall–Kier alpha value is -1.06. The first-order chi connectivity index (χ1) is 8.75. The van der Waals surface area contributed by atoms with Crippen LogP contribution in [0.2, 0.25) is 0 Å². The van der Waals surface area contributed by atoms with Gasteiger partial charge in [-0.05, 0) is 42.4 Å². The van der Waals surface area contributed by atoms with Gasteiger partial charge in [-0.25, -0.2) is 0 Å². The molecule has 0 bridgehead atoms. The van der Waals surface area contributed by atoms with Crippen LogP contribution in [0.1, 0.15) is 45.2 Å². The molecular weight excluding hydrogens is 238 g/mol. The van der Waals surface area contributed by atoms with E-state index in [2.05, 4.69) is 32.9 Å². The van der Waals surface area contributed by atoms with Gasteiger partial charge in [-0.2, -0.15) is 0 Å². The number of hydrogen-bond acceptors (Lipinski definition) is 3. The van der Waals surface area contributed by atoms with Crippen LogP contribution in [-0.4, -0.2) is 24.4 Å². The van der Waals surface area contributed by atoms with Crippen LogP contribution in [0.15, 0.2) is 18.2 Å². The van der Waals surface area contributed by atoms with Crippen molar-refractivity contribution >= 4 is 0 Å². The smallest absolute Gasteiger partial charge is 0.122 e. The first kappa shape index (κ1) is 16.0. The number of aryl methyl sites for hydroxylation is 1. The average molecular weight is 265 g/mol. The van der Waals surface area contributed by atoms with Crippen molar-refractivity contribution in [1.82, 2.24) is 0 Å². The maximum atomic E-state index is 9.77. The van der Waals surface area contributed by atoms with Crippen LogP contribution in [-0.2, 0) is 11.8 Å². The number of benzene rings is 1. The van der Waals surface area contributed by atoms with E-state index in [-0.39, 0.29) is 11.5 Å². The van der Waals surface area contributed by atoms with Gasteiger partial charge in [-0.15, -0.1) is 0 Å². The number of nitrogens with two attached hydrogens (primary N) is 1. The largest absolute Gasteiger partial charge is 0.496 e. The van der Waals surface area contributed by atoms with E-state index in [4.69, 9.17) is 10.5 Å². The highest BCUT2D eigenvalue weighted by atomic mass is 16.5. The van der Waals surface area contributed by atoms with Crippen molar-refractivity contribution in [3.63, 3.8) is 0 Å². The highest BCUT2D eigenvalue weighted by Crippen LogP contribution is 2.32. The third-order valence-corrected chi connectivity index (χ3v) is 3.41. The third-order valence-electron chi connectivity index (χ3n) is 3.41. The summed E-state index contributed by atoms with van der Waals surface area (Å²) in [6.45, 7) is 8.35. The fourth-order valence-electron chi connectivity index (χ4n) is 2.07. The van der Waals surface area contributed by atoms with Gasteiger partial charge in [-0.3, -0.25) is 0 Å². The van der Waals surface area contributed by atoms with E-state index in [9.17, 15) is 5.11 Å². The summed E-state index contributed by atoms with van der Waals surface area (Å²) in [6, 6.07) is 6.06. The van der Waals surface area contributed by atoms with Gasteiger partial charge in [0.2, 0.25) is 0 Å². The van der Waals surface area contributed by atoms with Crippen LogP contribution in [0.25, 0.3) is 0 Å². The standard InChI is InChI=1S/C16H27NO2/c1-11(17)14(18)8-6-12-7-9-15(19-5)13(10-12)16(2,3)4/h7,9-11,14,18H,6,8,17H2,1-5H3. The minimum absolute atomic E-state index is 0.0428. The molecule has 1 aromatic carbocycles. The zero-order valence-electron chi connectivity index (χ0n) is 12.7. The summed E-state index contributed by atoms with van der Waals surface area (Å²) in [5, 5.41) is 9.77. The lowest BCUT2D eigenvalue weighted by Gasteiger charge is -2.23. The van der Waals surface area contributed by atoms with E-state index in [1.807, 2.05) is 13.0 Å². The van der Waals surface area contributed by atoms with E-state index < -0.39 is 6.10 Å². The third kappa shape index (κ3) is 4.51. The molecule has 0 amide bonds. The van der Waals surface area contributed by atoms with E-state index in [1.54, 1.807) is 7.11 Å². The van der Waals surface area contributed by atoms with Gasteiger partial charge >= 0.3 is 0 Å². The van der Waals surface area contributed by atoms with Crippen LogP contribution in [0, 0.1) is 0 Å². The molecule has 19 heavy (non-hydrogen) atoms. The summed E-state index contributed by atoms with van der Waals surface area (Å²) in [6.07, 6.45) is 1.07. The molecule has 0 saturated heterocycles. The second kappa shape index (κ2) is 6.40. The summed E-state index contributed by atoms with van der Waals surface area (Å²) in [4.78, 5) is 0. The maximum Gasteiger partial charge on any atom is 0.122 e. The molecule has 0 aliphatic heterocycles. The lowest BCUT2D eigenvalue weighted by molar-refractivity contribution is 0.141. The summed E-state index contributed by atoms with van der Waals surface area (Å²) < 4.78 is 5.42. The second-order valence-electron chi connectivity index (χ2n) is 6.25. The second-order valence-corrected chi connectivity index (χ2v) is 6.25. The predicted molar refractivity (Wildman–Crippen MR) is 79.7 cm³/mol. The van der Waals surface area contributed by atoms with Gasteiger partial charge in [0.15, 0.2) is 0 Å². The molecule has 2 atom stereocenters. The number of rotatable bonds is 5. The molecule has 0 radical (unpaired) electrons. The Bertz CT molecular complexity index is 408. The van der Waals surface area contributed by atoms with Crippen molar-refractivity contribution in [1.29, 1.82) is 0 Å². The van der Waals surface area contributed by atoms with Crippen molar-refractivity contribution in [3.8, 4) is 5.75 Å². The minimum atomic E-state index is -0.444. The Morgan fingerprint density at radius 1 is 1.32 bits per heavy atom.